The van der Waals surface area contributed by atoms with Gasteiger partial charge in [-0.2, -0.15) is 0 Å². The van der Waals surface area contributed by atoms with Gasteiger partial charge in [-0.15, -0.1) is 0 Å². The minimum atomic E-state index is 0.000156. The van der Waals surface area contributed by atoms with Crippen LogP contribution < -0.4 is 0 Å². The number of nitrogens with zero attached hydrogens (tertiary/aromatic N) is 4. The molecule has 6 heteroatoms. The van der Waals surface area contributed by atoms with Crippen molar-refractivity contribution in [3.8, 4) is 0 Å². The second kappa shape index (κ2) is 9.29. The molecule has 0 aliphatic carbocycles. The highest BCUT2D eigenvalue weighted by Gasteiger charge is 2.22. The van der Waals surface area contributed by atoms with E-state index in [9.17, 15) is 4.79 Å². The molecule has 0 bridgehead atoms. The van der Waals surface area contributed by atoms with Crippen LogP contribution in [0.4, 0.5) is 0 Å². The average molecular weight is 387 g/mol. The number of carbonyl (C=O) groups is 1. The Morgan fingerprint density at radius 1 is 1.19 bits per heavy atom. The highest BCUT2D eigenvalue weighted by molar-refractivity contribution is 6.30. The third-order valence-electron chi connectivity index (χ3n) is 5.24. The molecule has 0 radical (unpaired) electrons. The number of likely N-dealkylation sites (tertiary alicyclic amines) is 1. The number of hydrogen-bond donors (Lipinski definition) is 0. The van der Waals surface area contributed by atoms with Crippen LogP contribution in [0.15, 0.2) is 36.7 Å². The Bertz CT molecular complexity index is 740. The molecule has 144 valence electrons. The lowest BCUT2D eigenvalue weighted by Crippen LogP contribution is -2.40. The van der Waals surface area contributed by atoms with Crippen LogP contribution in [0.2, 0.25) is 5.02 Å². The average Bonchev–Trinajstić information content (AvgIpc) is 2.68. The molecule has 5 nitrogen and oxygen atoms in total. The first-order valence-corrected chi connectivity index (χ1v) is 9.90. The van der Waals surface area contributed by atoms with Crippen molar-refractivity contribution < 1.29 is 4.79 Å². The second-order valence-corrected chi connectivity index (χ2v) is 7.80. The summed E-state index contributed by atoms with van der Waals surface area (Å²) in [7, 11) is 1.87. The van der Waals surface area contributed by atoms with Crippen LogP contribution in [0.3, 0.4) is 0 Å². The Labute approximate surface area is 166 Å². The van der Waals surface area contributed by atoms with Crippen LogP contribution in [0.5, 0.6) is 0 Å². The Hall–Kier alpha value is -1.98. The van der Waals surface area contributed by atoms with Gasteiger partial charge in [-0.25, -0.2) is 9.97 Å². The molecule has 1 amide bonds. The molecule has 2 aromatic rings. The molecule has 1 aromatic heterocycles. The van der Waals surface area contributed by atoms with Gasteiger partial charge in [0, 0.05) is 37.6 Å². The van der Waals surface area contributed by atoms with E-state index in [0.29, 0.717) is 17.3 Å². The maximum atomic E-state index is 12.5. The summed E-state index contributed by atoms with van der Waals surface area (Å²) in [6, 6.07) is 8.11. The Kier molecular flexibility index (Phi) is 6.80. The number of benzene rings is 1. The molecule has 1 aliphatic heterocycles. The predicted octanol–water partition coefficient (Wildman–Crippen LogP) is 3.47. The van der Waals surface area contributed by atoms with E-state index in [-0.39, 0.29) is 5.91 Å². The van der Waals surface area contributed by atoms with Crippen LogP contribution in [0.1, 0.15) is 34.6 Å². The fraction of sp³-hybridized carbons (Fsp3) is 0.476. The van der Waals surface area contributed by atoms with Crippen LogP contribution >= 0.6 is 11.6 Å². The number of aromatic nitrogens is 2. The molecule has 3 rings (SSSR count). The van der Waals surface area contributed by atoms with Gasteiger partial charge in [0.1, 0.15) is 5.82 Å². The van der Waals surface area contributed by atoms with E-state index in [1.807, 2.05) is 31.0 Å². The fourth-order valence-electron chi connectivity index (χ4n) is 3.52. The predicted molar refractivity (Wildman–Crippen MR) is 108 cm³/mol. The summed E-state index contributed by atoms with van der Waals surface area (Å²) >= 11 is 5.94. The second-order valence-electron chi connectivity index (χ2n) is 7.37. The van der Waals surface area contributed by atoms with Crippen molar-refractivity contribution in [1.82, 2.24) is 19.8 Å². The summed E-state index contributed by atoms with van der Waals surface area (Å²) in [5.41, 5.74) is 1.88. The summed E-state index contributed by atoms with van der Waals surface area (Å²) < 4.78 is 0. The van der Waals surface area contributed by atoms with Gasteiger partial charge >= 0.3 is 0 Å². The Morgan fingerprint density at radius 3 is 2.44 bits per heavy atom. The lowest BCUT2D eigenvalue weighted by atomic mass is 9.96. The van der Waals surface area contributed by atoms with Crippen molar-refractivity contribution in [3.05, 3.63) is 58.6 Å². The number of piperidine rings is 1. The van der Waals surface area contributed by atoms with Gasteiger partial charge in [-0.3, -0.25) is 4.79 Å². The fourth-order valence-corrected chi connectivity index (χ4v) is 3.65. The SMILES string of the molecule is Cc1ncc(C(=O)N(C)CC2CCN(CCc3ccc(Cl)cc3)CC2)cn1. The van der Waals surface area contributed by atoms with E-state index in [0.717, 1.165) is 50.5 Å². The number of hydrogen-bond acceptors (Lipinski definition) is 4. The topological polar surface area (TPSA) is 49.3 Å². The molecule has 1 fully saturated rings. The van der Waals surface area contributed by atoms with Crippen LogP contribution in [0.25, 0.3) is 0 Å². The van der Waals surface area contributed by atoms with Crippen molar-refractivity contribution in [2.45, 2.75) is 26.2 Å². The maximum Gasteiger partial charge on any atom is 0.256 e. The zero-order valence-corrected chi connectivity index (χ0v) is 16.8. The summed E-state index contributed by atoms with van der Waals surface area (Å²) in [6.07, 6.45) is 6.53. The van der Waals surface area contributed by atoms with Gasteiger partial charge < -0.3 is 9.80 Å². The highest BCUT2D eigenvalue weighted by Crippen LogP contribution is 2.19. The number of aryl methyl sites for hydroxylation is 1. The van der Waals surface area contributed by atoms with Crippen molar-refractivity contribution in [1.29, 1.82) is 0 Å². The maximum absolute atomic E-state index is 12.5. The minimum Gasteiger partial charge on any atom is -0.341 e. The van der Waals surface area contributed by atoms with Crippen molar-refractivity contribution >= 4 is 17.5 Å². The number of halogens is 1. The third kappa shape index (κ3) is 5.75. The highest BCUT2D eigenvalue weighted by atomic mass is 35.5. The first-order valence-electron chi connectivity index (χ1n) is 9.52. The first-order chi connectivity index (χ1) is 13.0. The van der Waals surface area contributed by atoms with Gasteiger partial charge in [0.25, 0.3) is 5.91 Å². The van der Waals surface area contributed by atoms with E-state index in [1.54, 1.807) is 12.4 Å². The van der Waals surface area contributed by atoms with E-state index >= 15 is 0 Å². The Balaban J connectivity index is 1.41. The molecule has 0 spiro atoms. The normalized spacial score (nSPS) is 15.7. The quantitative estimate of drug-likeness (QED) is 0.762. The lowest BCUT2D eigenvalue weighted by Gasteiger charge is -2.34. The van der Waals surface area contributed by atoms with Crippen molar-refractivity contribution in [2.75, 3.05) is 33.2 Å². The smallest absolute Gasteiger partial charge is 0.256 e. The van der Waals surface area contributed by atoms with Crippen LogP contribution in [0, 0.1) is 12.8 Å². The standard InChI is InChI=1S/C21H27ClN4O/c1-16-23-13-19(14-24-16)21(27)25(2)15-18-8-11-26(12-9-18)10-7-17-3-5-20(22)6-4-17/h3-6,13-14,18H,7-12,15H2,1-2H3. The van der Waals surface area contributed by atoms with Gasteiger partial charge in [0.05, 0.1) is 5.56 Å². The summed E-state index contributed by atoms with van der Waals surface area (Å²) in [4.78, 5) is 25.1. The van der Waals surface area contributed by atoms with Gasteiger partial charge in [0.2, 0.25) is 0 Å². The zero-order chi connectivity index (χ0) is 19.2. The van der Waals surface area contributed by atoms with Crippen molar-refractivity contribution in [3.63, 3.8) is 0 Å². The van der Waals surface area contributed by atoms with Gasteiger partial charge in [-0.05, 0) is 62.9 Å². The van der Waals surface area contributed by atoms with Gasteiger partial charge in [-0.1, -0.05) is 23.7 Å². The zero-order valence-electron chi connectivity index (χ0n) is 16.1. The van der Waals surface area contributed by atoms with Gasteiger partial charge in [0.15, 0.2) is 0 Å². The van der Waals surface area contributed by atoms with E-state index in [1.165, 1.54) is 5.56 Å². The molecular formula is C21H27ClN4O. The molecule has 0 N–H and O–H groups in total. The molecule has 0 saturated carbocycles. The summed E-state index contributed by atoms with van der Waals surface area (Å²) in [6.45, 7) is 5.86. The van der Waals surface area contributed by atoms with Crippen molar-refractivity contribution in [2.24, 2.45) is 5.92 Å². The summed E-state index contributed by atoms with van der Waals surface area (Å²) in [5, 5.41) is 0.787. The Morgan fingerprint density at radius 2 is 1.81 bits per heavy atom. The molecule has 1 saturated heterocycles. The monoisotopic (exact) mass is 386 g/mol. The molecule has 0 unspecified atom stereocenters. The molecule has 0 atom stereocenters. The van der Waals surface area contributed by atoms with E-state index in [2.05, 4.69) is 27.0 Å². The lowest BCUT2D eigenvalue weighted by molar-refractivity contribution is 0.0739. The van der Waals surface area contributed by atoms with E-state index in [4.69, 9.17) is 11.6 Å². The number of amides is 1. The molecular weight excluding hydrogens is 360 g/mol. The summed E-state index contributed by atoms with van der Waals surface area (Å²) in [5.74, 6) is 1.23. The van der Waals surface area contributed by atoms with E-state index < -0.39 is 0 Å². The first kappa shape index (κ1) is 19.8. The minimum absolute atomic E-state index is 0.000156. The number of rotatable bonds is 6. The molecule has 27 heavy (non-hydrogen) atoms. The molecule has 1 aliphatic rings. The van der Waals surface area contributed by atoms with Crippen LogP contribution in [-0.4, -0.2) is 58.9 Å². The number of carbonyl (C=O) groups excluding carboxylic acids is 1. The largest absolute Gasteiger partial charge is 0.341 e. The molecule has 1 aromatic carbocycles. The molecule has 2 heterocycles. The van der Waals surface area contributed by atoms with Crippen LogP contribution in [-0.2, 0) is 6.42 Å². The third-order valence-corrected chi connectivity index (χ3v) is 5.50.